The monoisotopic (exact) mass is 438 g/mol. The lowest BCUT2D eigenvalue weighted by molar-refractivity contribution is 0.102. The number of hydrogen-bond acceptors (Lipinski definition) is 4. The highest BCUT2D eigenvalue weighted by molar-refractivity contribution is 7.89. The van der Waals surface area contributed by atoms with Gasteiger partial charge in [-0.25, -0.2) is 13.1 Å². The van der Waals surface area contributed by atoms with Crippen LogP contribution in [0, 0.1) is 13.8 Å². The van der Waals surface area contributed by atoms with Gasteiger partial charge in [0.2, 0.25) is 10.0 Å². The van der Waals surface area contributed by atoms with Gasteiger partial charge in [-0.05, 0) is 57.0 Å². The standard InChI is InChI=1S/C23H26N4O3S/c1-17-9-11-20(12-10-17)27-18(2)22(16-24-27)23(28)25-19-7-6-8-21(15-19)31(29,30)26-13-4-3-5-14-26/h6-12,15-16H,3-5,13-14H2,1-2H3,(H,25,28). The number of carbonyl (C=O) groups is 1. The highest BCUT2D eigenvalue weighted by Gasteiger charge is 2.26. The van der Waals surface area contributed by atoms with Crippen LogP contribution in [-0.4, -0.2) is 41.5 Å². The number of anilines is 1. The number of rotatable bonds is 5. The van der Waals surface area contributed by atoms with Gasteiger partial charge in [0, 0.05) is 18.8 Å². The minimum Gasteiger partial charge on any atom is -0.322 e. The van der Waals surface area contributed by atoms with Crippen molar-refractivity contribution in [3.8, 4) is 5.69 Å². The van der Waals surface area contributed by atoms with E-state index < -0.39 is 10.0 Å². The molecular weight excluding hydrogens is 412 g/mol. The molecule has 0 bridgehead atoms. The number of nitrogens with one attached hydrogen (secondary N) is 1. The summed E-state index contributed by atoms with van der Waals surface area (Å²) in [6.07, 6.45) is 4.33. The lowest BCUT2D eigenvalue weighted by Crippen LogP contribution is -2.35. The van der Waals surface area contributed by atoms with E-state index in [0.717, 1.165) is 30.5 Å². The van der Waals surface area contributed by atoms with Gasteiger partial charge in [-0.1, -0.05) is 30.2 Å². The van der Waals surface area contributed by atoms with Crippen molar-refractivity contribution in [2.45, 2.75) is 38.0 Å². The number of hydrogen-bond donors (Lipinski definition) is 1. The summed E-state index contributed by atoms with van der Waals surface area (Å²) in [4.78, 5) is 13.1. The molecule has 162 valence electrons. The number of benzene rings is 2. The van der Waals surface area contributed by atoms with Crippen LogP contribution in [0.2, 0.25) is 0 Å². The van der Waals surface area contributed by atoms with E-state index in [2.05, 4.69) is 10.4 Å². The van der Waals surface area contributed by atoms with Crippen LogP contribution >= 0.6 is 0 Å². The van der Waals surface area contributed by atoms with Crippen molar-refractivity contribution in [2.75, 3.05) is 18.4 Å². The first-order chi connectivity index (χ1) is 14.9. The van der Waals surface area contributed by atoms with Gasteiger partial charge < -0.3 is 5.32 Å². The Kier molecular flexibility index (Phi) is 5.93. The largest absolute Gasteiger partial charge is 0.322 e. The Morgan fingerprint density at radius 2 is 1.71 bits per heavy atom. The van der Waals surface area contributed by atoms with Crippen LogP contribution in [-0.2, 0) is 10.0 Å². The molecule has 7 nitrogen and oxygen atoms in total. The SMILES string of the molecule is Cc1ccc(-n2ncc(C(=O)Nc3cccc(S(=O)(=O)N4CCCCC4)c3)c2C)cc1. The fourth-order valence-corrected chi connectivity index (χ4v) is 5.33. The molecule has 4 rings (SSSR count). The highest BCUT2D eigenvalue weighted by Crippen LogP contribution is 2.23. The van der Waals surface area contributed by atoms with Gasteiger partial charge in [-0.3, -0.25) is 4.79 Å². The maximum atomic E-state index is 12.9. The van der Waals surface area contributed by atoms with E-state index in [1.165, 1.54) is 16.6 Å². The van der Waals surface area contributed by atoms with Crippen LogP contribution in [0.4, 0.5) is 5.69 Å². The zero-order valence-corrected chi connectivity index (χ0v) is 18.5. The molecule has 1 N–H and O–H groups in total. The number of piperidine rings is 1. The summed E-state index contributed by atoms with van der Waals surface area (Å²) in [5.74, 6) is -0.330. The first-order valence-corrected chi connectivity index (χ1v) is 11.8. The maximum absolute atomic E-state index is 12.9. The van der Waals surface area contributed by atoms with Crippen molar-refractivity contribution in [3.05, 3.63) is 71.5 Å². The van der Waals surface area contributed by atoms with Gasteiger partial charge in [0.25, 0.3) is 5.91 Å². The van der Waals surface area contributed by atoms with E-state index in [1.807, 2.05) is 38.1 Å². The second-order valence-electron chi connectivity index (χ2n) is 7.84. The Morgan fingerprint density at radius 1 is 1.00 bits per heavy atom. The molecule has 0 aliphatic carbocycles. The fraction of sp³-hybridized carbons (Fsp3) is 0.304. The summed E-state index contributed by atoms with van der Waals surface area (Å²) in [7, 11) is -3.56. The number of sulfonamides is 1. The predicted octanol–water partition coefficient (Wildman–Crippen LogP) is 3.92. The van der Waals surface area contributed by atoms with Crippen LogP contribution in [0.25, 0.3) is 5.69 Å². The molecule has 0 atom stereocenters. The molecule has 2 aromatic carbocycles. The summed E-state index contributed by atoms with van der Waals surface area (Å²) in [6.45, 7) is 4.92. The summed E-state index contributed by atoms with van der Waals surface area (Å²) in [6, 6.07) is 14.3. The van der Waals surface area contributed by atoms with Crippen LogP contribution in [0.15, 0.2) is 59.6 Å². The van der Waals surface area contributed by atoms with Gasteiger partial charge in [0.1, 0.15) is 0 Å². The molecule has 31 heavy (non-hydrogen) atoms. The second kappa shape index (κ2) is 8.64. The van der Waals surface area contributed by atoms with Crippen molar-refractivity contribution in [1.82, 2.24) is 14.1 Å². The first kappa shape index (κ1) is 21.3. The van der Waals surface area contributed by atoms with Gasteiger partial charge in [0.15, 0.2) is 0 Å². The summed E-state index contributed by atoms with van der Waals surface area (Å²) in [5.41, 5.74) is 3.59. The van der Waals surface area contributed by atoms with Crippen molar-refractivity contribution >= 4 is 21.6 Å². The minimum atomic E-state index is -3.56. The van der Waals surface area contributed by atoms with Gasteiger partial charge in [0.05, 0.1) is 28.0 Å². The Balaban J connectivity index is 1.54. The quantitative estimate of drug-likeness (QED) is 0.654. The molecule has 0 radical (unpaired) electrons. The van der Waals surface area contributed by atoms with Gasteiger partial charge in [-0.2, -0.15) is 9.40 Å². The maximum Gasteiger partial charge on any atom is 0.259 e. The zero-order chi connectivity index (χ0) is 22.0. The number of amides is 1. The zero-order valence-electron chi connectivity index (χ0n) is 17.7. The van der Waals surface area contributed by atoms with Crippen LogP contribution in [0.5, 0.6) is 0 Å². The molecule has 3 aromatic rings. The molecule has 1 aromatic heterocycles. The molecule has 1 amide bonds. The topological polar surface area (TPSA) is 84.3 Å². The molecule has 0 spiro atoms. The number of aromatic nitrogens is 2. The molecule has 0 saturated carbocycles. The minimum absolute atomic E-state index is 0.194. The Labute approximate surface area is 182 Å². The molecule has 1 saturated heterocycles. The third-order valence-electron chi connectivity index (χ3n) is 5.58. The predicted molar refractivity (Wildman–Crippen MR) is 120 cm³/mol. The average molecular weight is 439 g/mol. The molecule has 1 aliphatic heterocycles. The lowest BCUT2D eigenvalue weighted by atomic mass is 10.2. The van der Waals surface area contributed by atoms with E-state index in [0.29, 0.717) is 30.0 Å². The summed E-state index contributed by atoms with van der Waals surface area (Å²) < 4.78 is 29.1. The van der Waals surface area contributed by atoms with E-state index in [4.69, 9.17) is 0 Å². The average Bonchev–Trinajstić information content (AvgIpc) is 3.16. The van der Waals surface area contributed by atoms with Gasteiger partial charge >= 0.3 is 0 Å². The molecule has 1 fully saturated rings. The van der Waals surface area contributed by atoms with E-state index in [1.54, 1.807) is 22.9 Å². The number of aryl methyl sites for hydroxylation is 1. The van der Waals surface area contributed by atoms with Crippen LogP contribution in [0.3, 0.4) is 0 Å². The number of nitrogens with zero attached hydrogens (tertiary/aromatic N) is 3. The second-order valence-corrected chi connectivity index (χ2v) is 9.78. The van der Waals surface area contributed by atoms with E-state index in [9.17, 15) is 13.2 Å². The fourth-order valence-electron chi connectivity index (χ4n) is 3.77. The summed E-state index contributed by atoms with van der Waals surface area (Å²) in [5, 5.41) is 7.16. The Hall–Kier alpha value is -2.97. The Morgan fingerprint density at radius 3 is 2.42 bits per heavy atom. The molecule has 0 unspecified atom stereocenters. The van der Waals surface area contributed by atoms with E-state index in [-0.39, 0.29) is 10.8 Å². The van der Waals surface area contributed by atoms with Crippen molar-refractivity contribution in [1.29, 1.82) is 0 Å². The Bertz CT molecular complexity index is 1190. The molecular formula is C23H26N4O3S. The number of carbonyl (C=O) groups excluding carboxylic acids is 1. The van der Waals surface area contributed by atoms with Crippen molar-refractivity contribution < 1.29 is 13.2 Å². The van der Waals surface area contributed by atoms with E-state index >= 15 is 0 Å². The van der Waals surface area contributed by atoms with Crippen LogP contribution in [0.1, 0.15) is 40.9 Å². The first-order valence-electron chi connectivity index (χ1n) is 10.4. The molecule has 8 heteroatoms. The van der Waals surface area contributed by atoms with Gasteiger partial charge in [-0.15, -0.1) is 0 Å². The smallest absolute Gasteiger partial charge is 0.259 e. The van der Waals surface area contributed by atoms with Crippen molar-refractivity contribution in [3.63, 3.8) is 0 Å². The lowest BCUT2D eigenvalue weighted by Gasteiger charge is -2.26. The van der Waals surface area contributed by atoms with Crippen LogP contribution < -0.4 is 5.32 Å². The normalized spacial score (nSPS) is 15.0. The molecule has 1 aliphatic rings. The van der Waals surface area contributed by atoms with Crippen molar-refractivity contribution in [2.24, 2.45) is 0 Å². The highest BCUT2D eigenvalue weighted by atomic mass is 32.2. The molecule has 2 heterocycles. The third-order valence-corrected chi connectivity index (χ3v) is 7.47. The third kappa shape index (κ3) is 4.40. The summed E-state index contributed by atoms with van der Waals surface area (Å²) >= 11 is 0.